The van der Waals surface area contributed by atoms with Crippen molar-refractivity contribution < 1.29 is 9.32 Å². The van der Waals surface area contributed by atoms with E-state index in [1.54, 1.807) is 25.7 Å². The molecule has 2 aromatic rings. The van der Waals surface area contributed by atoms with Gasteiger partial charge in [-0.1, -0.05) is 5.16 Å². The van der Waals surface area contributed by atoms with E-state index in [9.17, 15) is 9.59 Å². The Morgan fingerprint density at radius 2 is 2.17 bits per heavy atom. The van der Waals surface area contributed by atoms with E-state index in [4.69, 9.17) is 4.52 Å². The molecule has 7 nitrogen and oxygen atoms in total. The van der Waals surface area contributed by atoms with Gasteiger partial charge >= 0.3 is 0 Å². The molecule has 1 fully saturated rings. The second-order valence-electron chi connectivity index (χ2n) is 6.05. The number of nitrogens with zero attached hydrogens (tertiary/aromatic N) is 3. The van der Waals surface area contributed by atoms with Crippen LogP contribution in [0.1, 0.15) is 52.1 Å². The summed E-state index contributed by atoms with van der Waals surface area (Å²) in [5.74, 6) is 1.16. The molecule has 1 saturated heterocycles. The van der Waals surface area contributed by atoms with Crippen molar-refractivity contribution in [1.82, 2.24) is 20.0 Å². The number of H-pyrrole nitrogens is 1. The first kappa shape index (κ1) is 15.5. The Bertz CT molecular complexity index is 773. The minimum absolute atomic E-state index is 0.0625. The zero-order valence-electron chi connectivity index (χ0n) is 13.5. The summed E-state index contributed by atoms with van der Waals surface area (Å²) in [4.78, 5) is 33.3. The van der Waals surface area contributed by atoms with Crippen LogP contribution in [0.2, 0.25) is 0 Å². The molecule has 1 atom stereocenters. The maximum Gasteiger partial charge on any atom is 0.259 e. The average Bonchev–Trinajstić information content (AvgIpc) is 2.85. The molecule has 0 saturated carbocycles. The largest absolute Gasteiger partial charge is 0.361 e. The summed E-state index contributed by atoms with van der Waals surface area (Å²) < 4.78 is 5.09. The average molecular weight is 316 g/mol. The number of carbonyl (C=O) groups is 1. The summed E-state index contributed by atoms with van der Waals surface area (Å²) in [6.07, 6.45) is 1.80. The molecule has 3 heterocycles. The third kappa shape index (κ3) is 3.04. The Morgan fingerprint density at radius 1 is 1.39 bits per heavy atom. The van der Waals surface area contributed by atoms with E-state index in [1.807, 2.05) is 0 Å². The molecule has 7 heteroatoms. The predicted molar refractivity (Wildman–Crippen MR) is 83.5 cm³/mol. The molecule has 0 spiro atoms. The minimum atomic E-state index is -0.151. The molecule has 1 N–H and O–H groups in total. The summed E-state index contributed by atoms with van der Waals surface area (Å²) in [6, 6.07) is 1.53. The lowest BCUT2D eigenvalue weighted by molar-refractivity contribution is 0.0703. The van der Waals surface area contributed by atoms with Crippen molar-refractivity contribution in [3.05, 3.63) is 45.0 Å². The standard InChI is InChI=1S/C16H20N4O3/c1-9-15(10(2)23-19-9)16(22)20-6-4-5-12(8-20)13-7-14(21)18-11(3)17-13/h7,12H,4-6,8H2,1-3H3,(H,17,18,21)/t12-/m0/s1. The quantitative estimate of drug-likeness (QED) is 0.910. The summed E-state index contributed by atoms with van der Waals surface area (Å²) in [5.41, 5.74) is 1.75. The zero-order chi connectivity index (χ0) is 16.6. The minimum Gasteiger partial charge on any atom is -0.361 e. The Hall–Kier alpha value is -2.44. The smallest absolute Gasteiger partial charge is 0.259 e. The van der Waals surface area contributed by atoms with Gasteiger partial charge in [0.25, 0.3) is 11.5 Å². The molecule has 0 aromatic carbocycles. The fourth-order valence-corrected chi connectivity index (χ4v) is 3.16. The summed E-state index contributed by atoms with van der Waals surface area (Å²) >= 11 is 0. The summed E-state index contributed by atoms with van der Waals surface area (Å²) in [5, 5.41) is 3.85. The molecule has 23 heavy (non-hydrogen) atoms. The zero-order valence-corrected chi connectivity index (χ0v) is 13.5. The van der Waals surface area contributed by atoms with Gasteiger partial charge in [0.15, 0.2) is 0 Å². The Labute approximate surface area is 133 Å². The number of likely N-dealkylation sites (tertiary alicyclic amines) is 1. The van der Waals surface area contributed by atoms with E-state index < -0.39 is 0 Å². The van der Waals surface area contributed by atoms with Gasteiger partial charge in [-0.2, -0.15) is 0 Å². The molecular weight excluding hydrogens is 296 g/mol. The van der Waals surface area contributed by atoms with Crippen LogP contribution in [0, 0.1) is 20.8 Å². The van der Waals surface area contributed by atoms with Crippen LogP contribution < -0.4 is 5.56 Å². The summed E-state index contributed by atoms with van der Waals surface area (Å²) in [7, 11) is 0. The van der Waals surface area contributed by atoms with E-state index in [-0.39, 0.29) is 17.4 Å². The van der Waals surface area contributed by atoms with Crippen molar-refractivity contribution in [3.8, 4) is 0 Å². The van der Waals surface area contributed by atoms with Gasteiger partial charge in [0.2, 0.25) is 0 Å². The first-order chi connectivity index (χ1) is 11.0. The van der Waals surface area contributed by atoms with Gasteiger partial charge in [0.05, 0.1) is 11.4 Å². The monoisotopic (exact) mass is 316 g/mol. The lowest BCUT2D eigenvalue weighted by Crippen LogP contribution is -2.40. The highest BCUT2D eigenvalue weighted by Gasteiger charge is 2.29. The third-order valence-corrected chi connectivity index (χ3v) is 4.25. The van der Waals surface area contributed by atoms with Crippen LogP contribution in [0.3, 0.4) is 0 Å². The normalized spacial score (nSPS) is 18.2. The number of aromatic amines is 1. The molecule has 0 bridgehead atoms. The SMILES string of the molecule is Cc1nc([C@H]2CCCN(C(=O)c3c(C)noc3C)C2)cc(=O)[nH]1. The molecule has 1 aliphatic heterocycles. The molecule has 1 amide bonds. The van der Waals surface area contributed by atoms with Crippen molar-refractivity contribution in [1.29, 1.82) is 0 Å². The molecule has 122 valence electrons. The molecule has 0 aliphatic carbocycles. The lowest BCUT2D eigenvalue weighted by atomic mass is 9.94. The number of aromatic nitrogens is 3. The topological polar surface area (TPSA) is 92.1 Å². The summed E-state index contributed by atoms with van der Waals surface area (Å²) in [6.45, 7) is 6.53. The highest BCUT2D eigenvalue weighted by Crippen LogP contribution is 2.27. The van der Waals surface area contributed by atoms with E-state index in [0.29, 0.717) is 35.9 Å². The Balaban J connectivity index is 1.83. The van der Waals surface area contributed by atoms with Crippen molar-refractivity contribution in [2.45, 2.75) is 39.5 Å². The maximum absolute atomic E-state index is 12.8. The highest BCUT2D eigenvalue weighted by molar-refractivity contribution is 5.96. The molecule has 2 aromatic heterocycles. The number of carbonyl (C=O) groups excluding carboxylic acids is 1. The fourth-order valence-electron chi connectivity index (χ4n) is 3.16. The van der Waals surface area contributed by atoms with Crippen LogP contribution in [0.5, 0.6) is 0 Å². The second kappa shape index (κ2) is 5.98. The molecule has 3 rings (SSSR count). The number of hydrogen-bond donors (Lipinski definition) is 1. The number of piperidine rings is 1. The van der Waals surface area contributed by atoms with Gasteiger partial charge in [-0.05, 0) is 33.6 Å². The van der Waals surface area contributed by atoms with Gasteiger partial charge in [-0.25, -0.2) is 4.98 Å². The predicted octanol–water partition coefficient (Wildman–Crippen LogP) is 1.70. The van der Waals surface area contributed by atoms with Crippen LogP contribution in [-0.4, -0.2) is 39.0 Å². The number of hydrogen-bond acceptors (Lipinski definition) is 5. The second-order valence-corrected chi connectivity index (χ2v) is 6.05. The van der Waals surface area contributed by atoms with Crippen LogP contribution in [-0.2, 0) is 0 Å². The molecular formula is C16H20N4O3. The van der Waals surface area contributed by atoms with Crippen LogP contribution in [0.15, 0.2) is 15.4 Å². The van der Waals surface area contributed by atoms with Crippen molar-refractivity contribution in [2.24, 2.45) is 0 Å². The van der Waals surface area contributed by atoms with Gasteiger partial charge in [0.1, 0.15) is 17.1 Å². The molecule has 0 unspecified atom stereocenters. The Morgan fingerprint density at radius 3 is 2.83 bits per heavy atom. The van der Waals surface area contributed by atoms with Gasteiger partial charge in [-0.3, -0.25) is 9.59 Å². The van der Waals surface area contributed by atoms with Crippen LogP contribution in [0.4, 0.5) is 0 Å². The van der Waals surface area contributed by atoms with E-state index >= 15 is 0 Å². The number of aryl methyl sites for hydroxylation is 3. The van der Waals surface area contributed by atoms with E-state index in [0.717, 1.165) is 18.5 Å². The van der Waals surface area contributed by atoms with Crippen molar-refractivity contribution >= 4 is 5.91 Å². The first-order valence-electron chi connectivity index (χ1n) is 7.75. The Kier molecular flexibility index (Phi) is 4.02. The number of amides is 1. The number of rotatable bonds is 2. The van der Waals surface area contributed by atoms with Crippen molar-refractivity contribution in [3.63, 3.8) is 0 Å². The van der Waals surface area contributed by atoms with Crippen molar-refractivity contribution in [2.75, 3.05) is 13.1 Å². The van der Waals surface area contributed by atoms with E-state index in [1.165, 1.54) is 6.07 Å². The lowest BCUT2D eigenvalue weighted by Gasteiger charge is -2.32. The number of nitrogens with one attached hydrogen (secondary N) is 1. The maximum atomic E-state index is 12.8. The van der Waals surface area contributed by atoms with Crippen LogP contribution in [0.25, 0.3) is 0 Å². The molecule has 1 aliphatic rings. The first-order valence-corrected chi connectivity index (χ1v) is 7.75. The van der Waals surface area contributed by atoms with E-state index in [2.05, 4.69) is 15.1 Å². The fraction of sp³-hybridized carbons (Fsp3) is 0.500. The van der Waals surface area contributed by atoms with Gasteiger partial charge in [-0.15, -0.1) is 0 Å². The van der Waals surface area contributed by atoms with Crippen LogP contribution >= 0.6 is 0 Å². The van der Waals surface area contributed by atoms with Gasteiger partial charge < -0.3 is 14.4 Å². The highest BCUT2D eigenvalue weighted by atomic mass is 16.5. The molecule has 0 radical (unpaired) electrons. The van der Waals surface area contributed by atoms with Gasteiger partial charge in [0, 0.05) is 25.1 Å². The third-order valence-electron chi connectivity index (χ3n) is 4.25.